The Morgan fingerprint density at radius 2 is 1.71 bits per heavy atom. The van der Waals surface area contributed by atoms with Gasteiger partial charge >= 0.3 is 6.09 Å². The van der Waals surface area contributed by atoms with Crippen LogP contribution in [0.25, 0.3) is 0 Å². The maximum atomic E-state index is 13.8. The van der Waals surface area contributed by atoms with Crippen LogP contribution in [-0.2, 0) is 14.3 Å². The molecule has 0 radical (unpaired) electrons. The van der Waals surface area contributed by atoms with E-state index < -0.39 is 23.8 Å². The highest BCUT2D eigenvalue weighted by Crippen LogP contribution is 2.27. The molecule has 0 aromatic heterocycles. The van der Waals surface area contributed by atoms with Crippen LogP contribution < -0.4 is 10.6 Å². The summed E-state index contributed by atoms with van der Waals surface area (Å²) in [6.07, 6.45) is 3.10. The van der Waals surface area contributed by atoms with Gasteiger partial charge in [-0.2, -0.15) is 12.6 Å². The lowest BCUT2D eigenvalue weighted by atomic mass is 9.96. The fraction of sp³-hybridized carbons (Fsp3) is 0.667. The van der Waals surface area contributed by atoms with Crippen molar-refractivity contribution in [1.29, 1.82) is 0 Å². The summed E-state index contributed by atoms with van der Waals surface area (Å²) in [6, 6.07) is 4.04. The third-order valence-electron chi connectivity index (χ3n) is 5.42. The highest BCUT2D eigenvalue weighted by molar-refractivity contribution is 7.80. The van der Waals surface area contributed by atoms with Gasteiger partial charge in [0.15, 0.2) is 0 Å². The number of ether oxygens (including phenoxy) is 1. The average Bonchev–Trinajstić information content (AvgIpc) is 2.73. The van der Waals surface area contributed by atoms with Crippen molar-refractivity contribution in [3.8, 4) is 0 Å². The number of alkyl carbamates (subject to hydrolysis) is 1. The predicted octanol–water partition coefficient (Wildman–Crippen LogP) is 5.10. The number of carbonyl (C=O) groups excluding carboxylic acids is 3. The largest absolute Gasteiger partial charge is 0.444 e. The molecule has 0 saturated carbocycles. The van der Waals surface area contributed by atoms with E-state index in [-0.39, 0.29) is 23.6 Å². The first-order chi connectivity index (χ1) is 16.3. The summed E-state index contributed by atoms with van der Waals surface area (Å²) in [7, 11) is 0. The van der Waals surface area contributed by atoms with Crippen LogP contribution in [0.15, 0.2) is 18.2 Å². The van der Waals surface area contributed by atoms with Gasteiger partial charge in [-0.3, -0.25) is 9.59 Å². The molecule has 35 heavy (non-hydrogen) atoms. The summed E-state index contributed by atoms with van der Waals surface area (Å²) < 4.78 is 5.36. The number of nitrogens with zero attached hydrogens (tertiary/aromatic N) is 1. The normalized spacial score (nSPS) is 13.2. The molecule has 3 amide bonds. The Hall–Kier alpha value is -2.22. The van der Waals surface area contributed by atoms with Gasteiger partial charge in [0, 0.05) is 18.3 Å². The second kappa shape index (κ2) is 14.4. The molecule has 0 aliphatic rings. The van der Waals surface area contributed by atoms with Gasteiger partial charge < -0.3 is 20.3 Å². The first-order valence-corrected chi connectivity index (χ1v) is 13.2. The van der Waals surface area contributed by atoms with E-state index in [9.17, 15) is 14.4 Å². The molecule has 1 aromatic rings. The number of unbranched alkanes of at least 4 members (excludes halogenated alkanes) is 3. The Morgan fingerprint density at radius 3 is 2.23 bits per heavy atom. The summed E-state index contributed by atoms with van der Waals surface area (Å²) in [4.78, 5) is 41.4. The van der Waals surface area contributed by atoms with E-state index in [0.717, 1.165) is 42.4 Å². The van der Waals surface area contributed by atoms with Crippen molar-refractivity contribution in [2.75, 3.05) is 12.3 Å². The van der Waals surface area contributed by atoms with Crippen molar-refractivity contribution in [2.24, 2.45) is 0 Å². The molecule has 0 fully saturated rings. The lowest BCUT2D eigenvalue weighted by molar-refractivity contribution is -0.142. The highest BCUT2D eigenvalue weighted by atomic mass is 32.1. The molecule has 0 aliphatic heterocycles. The second-order valence-corrected chi connectivity index (χ2v) is 10.8. The fourth-order valence-corrected chi connectivity index (χ4v) is 4.10. The van der Waals surface area contributed by atoms with Crippen molar-refractivity contribution in [3.05, 3.63) is 34.9 Å². The number of nitrogens with one attached hydrogen (secondary N) is 2. The van der Waals surface area contributed by atoms with E-state index in [1.807, 2.05) is 45.9 Å². The lowest BCUT2D eigenvalue weighted by Crippen LogP contribution is -2.54. The minimum atomic E-state index is -0.931. The number of thiol groups is 1. The fourth-order valence-electron chi connectivity index (χ4n) is 3.86. The van der Waals surface area contributed by atoms with Crippen LogP contribution in [0.5, 0.6) is 0 Å². The van der Waals surface area contributed by atoms with E-state index >= 15 is 0 Å². The zero-order chi connectivity index (χ0) is 26.8. The minimum Gasteiger partial charge on any atom is -0.444 e. The molecule has 0 aliphatic carbocycles. The van der Waals surface area contributed by atoms with Gasteiger partial charge in [0.1, 0.15) is 17.7 Å². The maximum absolute atomic E-state index is 13.8. The number of amides is 3. The van der Waals surface area contributed by atoms with Crippen LogP contribution >= 0.6 is 12.6 Å². The molecule has 2 unspecified atom stereocenters. The molecule has 2 N–H and O–H groups in total. The predicted molar refractivity (Wildman–Crippen MR) is 145 cm³/mol. The van der Waals surface area contributed by atoms with Crippen molar-refractivity contribution >= 4 is 30.5 Å². The Morgan fingerprint density at radius 1 is 1.06 bits per heavy atom. The van der Waals surface area contributed by atoms with Gasteiger partial charge in [-0.15, -0.1) is 0 Å². The molecular weight excluding hydrogens is 462 g/mol. The Labute approximate surface area is 217 Å². The number of aryl methyl sites for hydroxylation is 2. The lowest BCUT2D eigenvalue weighted by Gasteiger charge is -2.35. The van der Waals surface area contributed by atoms with Gasteiger partial charge in [-0.25, -0.2) is 4.79 Å². The van der Waals surface area contributed by atoms with Gasteiger partial charge in [0.25, 0.3) is 0 Å². The Bertz CT molecular complexity index is 851. The number of hydrogen-bond donors (Lipinski definition) is 3. The van der Waals surface area contributed by atoms with Crippen LogP contribution in [0.2, 0.25) is 0 Å². The van der Waals surface area contributed by atoms with E-state index in [0.29, 0.717) is 6.54 Å². The molecule has 0 bridgehead atoms. The molecule has 0 saturated heterocycles. The highest BCUT2D eigenvalue weighted by Gasteiger charge is 2.36. The van der Waals surface area contributed by atoms with E-state index in [4.69, 9.17) is 4.74 Å². The smallest absolute Gasteiger partial charge is 0.408 e. The zero-order valence-corrected chi connectivity index (χ0v) is 23.6. The van der Waals surface area contributed by atoms with Crippen LogP contribution in [0.3, 0.4) is 0 Å². The molecule has 8 heteroatoms. The monoisotopic (exact) mass is 507 g/mol. The first kappa shape index (κ1) is 30.8. The summed E-state index contributed by atoms with van der Waals surface area (Å²) >= 11 is 4.34. The topological polar surface area (TPSA) is 87.7 Å². The summed E-state index contributed by atoms with van der Waals surface area (Å²) in [5.41, 5.74) is 2.08. The van der Waals surface area contributed by atoms with Crippen LogP contribution in [-0.4, -0.2) is 52.8 Å². The Balaban J connectivity index is 3.43. The van der Waals surface area contributed by atoms with Crippen molar-refractivity contribution < 1.29 is 19.1 Å². The van der Waals surface area contributed by atoms with Crippen LogP contribution in [0, 0.1) is 13.8 Å². The molecule has 0 spiro atoms. The number of carbonyl (C=O) groups is 3. The first-order valence-electron chi connectivity index (χ1n) is 12.6. The molecule has 198 valence electrons. The summed E-state index contributed by atoms with van der Waals surface area (Å²) in [5, 5.41) is 5.64. The van der Waals surface area contributed by atoms with E-state index in [2.05, 4.69) is 30.2 Å². The van der Waals surface area contributed by atoms with Gasteiger partial charge in [-0.1, -0.05) is 49.9 Å². The van der Waals surface area contributed by atoms with Gasteiger partial charge in [-0.05, 0) is 66.0 Å². The maximum Gasteiger partial charge on any atom is 0.408 e. The van der Waals surface area contributed by atoms with Crippen LogP contribution in [0.4, 0.5) is 4.79 Å². The van der Waals surface area contributed by atoms with Gasteiger partial charge in [0.2, 0.25) is 11.8 Å². The number of hydrogen-bond acceptors (Lipinski definition) is 5. The Kier molecular flexibility index (Phi) is 12.6. The standard InChI is InChI=1S/C27H45N3O4S/c1-9-10-11-12-15-30(25(32)22(17-35)29-26(33)34-27(6,7)8)23(24(31)28-18(2)3)21-14-13-19(4)16-20(21)5/h13-14,16,18,22-23,35H,9-12,15,17H2,1-8H3,(H,28,31)(H,29,33). The number of benzene rings is 1. The second-order valence-electron chi connectivity index (χ2n) is 10.4. The van der Waals surface area contributed by atoms with Crippen LogP contribution in [0.1, 0.15) is 90.0 Å². The molecule has 1 rings (SSSR count). The third-order valence-corrected chi connectivity index (χ3v) is 5.78. The molecular formula is C27H45N3O4S. The quantitative estimate of drug-likeness (QED) is 0.271. The third kappa shape index (κ3) is 10.5. The minimum absolute atomic E-state index is 0.0783. The van der Waals surface area contributed by atoms with Crippen molar-refractivity contribution in [3.63, 3.8) is 0 Å². The average molecular weight is 508 g/mol. The number of rotatable bonds is 12. The molecule has 1 aromatic carbocycles. The van der Waals surface area contributed by atoms with E-state index in [1.54, 1.807) is 25.7 Å². The molecule has 7 nitrogen and oxygen atoms in total. The summed E-state index contributed by atoms with van der Waals surface area (Å²) in [6.45, 7) is 15.5. The molecule has 0 heterocycles. The van der Waals surface area contributed by atoms with Crippen molar-refractivity contribution in [1.82, 2.24) is 15.5 Å². The van der Waals surface area contributed by atoms with Crippen molar-refractivity contribution in [2.45, 2.75) is 105 Å². The van der Waals surface area contributed by atoms with E-state index in [1.165, 1.54) is 0 Å². The van der Waals surface area contributed by atoms with Gasteiger partial charge in [0.05, 0.1) is 0 Å². The SMILES string of the molecule is CCCCCCN(C(=O)C(CS)NC(=O)OC(C)(C)C)C(C(=O)NC(C)C)c1ccc(C)cc1C. The summed E-state index contributed by atoms with van der Waals surface area (Å²) in [5.74, 6) is -0.521. The molecule has 2 atom stereocenters. The zero-order valence-electron chi connectivity index (χ0n) is 22.7.